The Morgan fingerprint density at radius 1 is 1.09 bits per heavy atom. The molecule has 8 heteroatoms. The van der Waals surface area contributed by atoms with Crippen molar-refractivity contribution in [1.82, 2.24) is 19.9 Å². The van der Waals surface area contributed by atoms with Crippen LogP contribution in [0.2, 0.25) is 5.02 Å². The van der Waals surface area contributed by atoms with E-state index in [-0.39, 0.29) is 22.0 Å². The fourth-order valence-electron chi connectivity index (χ4n) is 1.88. The zero-order chi connectivity index (χ0) is 16.2. The van der Waals surface area contributed by atoms with E-state index in [1.807, 2.05) is 0 Å². The Balaban J connectivity index is 1.89. The van der Waals surface area contributed by atoms with Gasteiger partial charge in [-0.3, -0.25) is 4.79 Å². The summed E-state index contributed by atoms with van der Waals surface area (Å²) in [5.41, 5.74) is 1.03. The number of aromatic nitrogens is 4. The Morgan fingerprint density at radius 2 is 1.87 bits per heavy atom. The summed E-state index contributed by atoms with van der Waals surface area (Å²) in [7, 11) is 0. The molecular formula is C15H9ClFN5O. The largest absolute Gasteiger partial charge is 0.318 e. The first-order valence-electron chi connectivity index (χ1n) is 6.47. The molecule has 0 saturated carbocycles. The number of anilines is 1. The van der Waals surface area contributed by atoms with E-state index in [4.69, 9.17) is 11.6 Å². The molecule has 0 bridgehead atoms. The molecule has 0 aliphatic heterocycles. The monoisotopic (exact) mass is 329 g/mol. The van der Waals surface area contributed by atoms with E-state index in [2.05, 4.69) is 25.3 Å². The van der Waals surface area contributed by atoms with Gasteiger partial charge in [-0.05, 0) is 24.3 Å². The number of benzene rings is 1. The number of nitrogens with one attached hydrogen (secondary N) is 1. The van der Waals surface area contributed by atoms with Gasteiger partial charge in [0.2, 0.25) is 0 Å². The molecule has 1 aromatic carbocycles. The third kappa shape index (κ3) is 3.46. The molecule has 0 saturated heterocycles. The number of nitrogens with zero attached hydrogens (tertiary/aromatic N) is 4. The molecule has 0 radical (unpaired) electrons. The first-order chi connectivity index (χ1) is 11.1. The SMILES string of the molecule is O=C(Nc1cncnc1)c1cc(-c2ccc(Cl)cc2F)ncn1. The van der Waals surface area contributed by atoms with Crippen LogP contribution in [0.1, 0.15) is 10.5 Å². The van der Waals surface area contributed by atoms with Gasteiger partial charge in [-0.25, -0.2) is 24.3 Å². The third-order valence-electron chi connectivity index (χ3n) is 2.93. The molecule has 114 valence electrons. The second-order valence-corrected chi connectivity index (χ2v) is 4.93. The van der Waals surface area contributed by atoms with Crippen LogP contribution < -0.4 is 5.32 Å². The van der Waals surface area contributed by atoms with E-state index in [0.29, 0.717) is 5.69 Å². The van der Waals surface area contributed by atoms with Gasteiger partial charge in [0, 0.05) is 10.6 Å². The van der Waals surface area contributed by atoms with E-state index < -0.39 is 11.7 Å². The van der Waals surface area contributed by atoms with E-state index in [1.54, 1.807) is 6.07 Å². The molecule has 0 aliphatic rings. The highest BCUT2D eigenvalue weighted by Crippen LogP contribution is 2.24. The minimum absolute atomic E-state index is 0.0909. The number of hydrogen-bond donors (Lipinski definition) is 1. The van der Waals surface area contributed by atoms with Crippen molar-refractivity contribution in [2.75, 3.05) is 5.32 Å². The predicted octanol–water partition coefficient (Wildman–Crippen LogP) is 2.98. The zero-order valence-corrected chi connectivity index (χ0v) is 12.3. The van der Waals surface area contributed by atoms with Crippen LogP contribution in [0.4, 0.5) is 10.1 Å². The molecule has 2 aromatic heterocycles. The Hall–Kier alpha value is -2.93. The van der Waals surface area contributed by atoms with Crippen molar-refractivity contribution in [2.24, 2.45) is 0 Å². The molecule has 0 aliphatic carbocycles. The lowest BCUT2D eigenvalue weighted by atomic mass is 10.1. The van der Waals surface area contributed by atoms with Crippen LogP contribution in [0.3, 0.4) is 0 Å². The highest BCUT2D eigenvalue weighted by molar-refractivity contribution is 6.30. The fraction of sp³-hybridized carbons (Fsp3) is 0. The second kappa shape index (κ2) is 6.45. The van der Waals surface area contributed by atoms with Gasteiger partial charge in [0.1, 0.15) is 24.2 Å². The topological polar surface area (TPSA) is 80.7 Å². The predicted molar refractivity (Wildman–Crippen MR) is 82.4 cm³/mol. The number of hydrogen-bond acceptors (Lipinski definition) is 5. The summed E-state index contributed by atoms with van der Waals surface area (Å²) in [4.78, 5) is 27.6. The lowest BCUT2D eigenvalue weighted by Crippen LogP contribution is -2.14. The van der Waals surface area contributed by atoms with Crippen LogP contribution in [0, 0.1) is 5.82 Å². The highest BCUT2D eigenvalue weighted by atomic mass is 35.5. The number of halogens is 2. The fourth-order valence-corrected chi connectivity index (χ4v) is 2.04. The van der Waals surface area contributed by atoms with Gasteiger partial charge in [-0.15, -0.1) is 0 Å². The molecule has 1 N–H and O–H groups in total. The van der Waals surface area contributed by atoms with Crippen molar-refractivity contribution in [3.8, 4) is 11.3 Å². The van der Waals surface area contributed by atoms with Crippen molar-refractivity contribution in [3.05, 3.63) is 65.8 Å². The van der Waals surface area contributed by atoms with Crippen LogP contribution in [0.15, 0.2) is 49.3 Å². The van der Waals surface area contributed by atoms with Gasteiger partial charge >= 0.3 is 0 Å². The van der Waals surface area contributed by atoms with Crippen molar-refractivity contribution >= 4 is 23.2 Å². The average molecular weight is 330 g/mol. The van der Waals surface area contributed by atoms with E-state index in [9.17, 15) is 9.18 Å². The standard InChI is InChI=1S/C15H9ClFN5O/c16-9-1-2-11(12(17)3-9)13-4-14(21-8-20-13)15(23)22-10-5-18-7-19-6-10/h1-8H,(H,22,23). The minimum Gasteiger partial charge on any atom is -0.318 e. The normalized spacial score (nSPS) is 10.3. The van der Waals surface area contributed by atoms with Gasteiger partial charge < -0.3 is 5.32 Å². The molecule has 0 fully saturated rings. The summed E-state index contributed by atoms with van der Waals surface area (Å²) in [6.07, 6.45) is 5.44. The summed E-state index contributed by atoms with van der Waals surface area (Å²) >= 11 is 5.73. The smallest absolute Gasteiger partial charge is 0.274 e. The number of carbonyl (C=O) groups is 1. The summed E-state index contributed by atoms with van der Waals surface area (Å²) in [6.45, 7) is 0. The van der Waals surface area contributed by atoms with Crippen molar-refractivity contribution in [2.45, 2.75) is 0 Å². The number of carbonyl (C=O) groups excluding carboxylic acids is 1. The third-order valence-corrected chi connectivity index (χ3v) is 3.16. The average Bonchev–Trinajstić information content (AvgIpc) is 2.56. The summed E-state index contributed by atoms with van der Waals surface area (Å²) in [5, 5.41) is 2.87. The zero-order valence-electron chi connectivity index (χ0n) is 11.6. The maximum Gasteiger partial charge on any atom is 0.274 e. The lowest BCUT2D eigenvalue weighted by Gasteiger charge is -2.06. The molecule has 23 heavy (non-hydrogen) atoms. The van der Waals surface area contributed by atoms with E-state index >= 15 is 0 Å². The van der Waals surface area contributed by atoms with E-state index in [1.165, 1.54) is 43.2 Å². The molecule has 3 rings (SSSR count). The molecule has 3 aromatic rings. The Morgan fingerprint density at radius 3 is 2.61 bits per heavy atom. The number of rotatable bonds is 3. The van der Waals surface area contributed by atoms with E-state index in [0.717, 1.165) is 0 Å². The first kappa shape index (κ1) is 15.0. The van der Waals surface area contributed by atoms with Crippen LogP contribution in [-0.4, -0.2) is 25.8 Å². The molecular weight excluding hydrogens is 321 g/mol. The first-order valence-corrected chi connectivity index (χ1v) is 6.85. The quantitative estimate of drug-likeness (QED) is 0.799. The van der Waals surface area contributed by atoms with Crippen molar-refractivity contribution in [3.63, 3.8) is 0 Å². The molecule has 0 atom stereocenters. The molecule has 2 heterocycles. The maximum absolute atomic E-state index is 14.0. The van der Waals surface area contributed by atoms with Gasteiger partial charge in [0.15, 0.2) is 0 Å². The van der Waals surface area contributed by atoms with Crippen LogP contribution in [0.25, 0.3) is 11.3 Å². The van der Waals surface area contributed by atoms with Crippen LogP contribution in [-0.2, 0) is 0 Å². The summed E-state index contributed by atoms with van der Waals surface area (Å²) in [6, 6.07) is 5.61. The Labute approximate surface area is 135 Å². The van der Waals surface area contributed by atoms with Crippen molar-refractivity contribution < 1.29 is 9.18 Å². The molecule has 0 spiro atoms. The van der Waals surface area contributed by atoms with Crippen LogP contribution in [0.5, 0.6) is 0 Å². The van der Waals surface area contributed by atoms with Gasteiger partial charge in [-0.1, -0.05) is 11.6 Å². The second-order valence-electron chi connectivity index (χ2n) is 4.49. The molecule has 0 unspecified atom stereocenters. The maximum atomic E-state index is 14.0. The minimum atomic E-state index is -0.529. The van der Waals surface area contributed by atoms with Gasteiger partial charge in [-0.2, -0.15) is 0 Å². The number of amides is 1. The van der Waals surface area contributed by atoms with Gasteiger partial charge in [0.25, 0.3) is 5.91 Å². The Kier molecular flexibility index (Phi) is 4.20. The van der Waals surface area contributed by atoms with Crippen molar-refractivity contribution in [1.29, 1.82) is 0 Å². The van der Waals surface area contributed by atoms with Crippen LogP contribution >= 0.6 is 11.6 Å². The lowest BCUT2D eigenvalue weighted by molar-refractivity contribution is 0.102. The molecule has 1 amide bonds. The Bertz CT molecular complexity index is 859. The van der Waals surface area contributed by atoms with Gasteiger partial charge in [0.05, 0.1) is 23.8 Å². The molecule has 6 nitrogen and oxygen atoms in total. The summed E-state index contributed by atoms with van der Waals surface area (Å²) in [5.74, 6) is -1.00. The highest BCUT2D eigenvalue weighted by Gasteiger charge is 2.13. The summed E-state index contributed by atoms with van der Waals surface area (Å²) < 4.78 is 14.0.